The van der Waals surface area contributed by atoms with Crippen LogP contribution in [0.5, 0.6) is 0 Å². The van der Waals surface area contributed by atoms with Gasteiger partial charge in [-0.1, -0.05) is 6.92 Å². The van der Waals surface area contributed by atoms with Gasteiger partial charge in [0.25, 0.3) is 5.91 Å². The van der Waals surface area contributed by atoms with E-state index in [1.807, 2.05) is 0 Å². The van der Waals surface area contributed by atoms with Crippen LogP contribution in [0.15, 0.2) is 18.2 Å². The summed E-state index contributed by atoms with van der Waals surface area (Å²) in [7, 11) is 2.31. The van der Waals surface area contributed by atoms with Crippen molar-refractivity contribution in [2.45, 2.75) is 19.4 Å². The molecule has 0 aliphatic heterocycles. The van der Waals surface area contributed by atoms with E-state index in [1.165, 1.54) is 14.0 Å². The average molecular weight is 329 g/mol. The molecular weight excluding hydrogens is 312 g/mol. The third-order valence-corrected chi connectivity index (χ3v) is 3.16. The van der Waals surface area contributed by atoms with Gasteiger partial charge >= 0.3 is 11.9 Å². The number of rotatable bonds is 6. The molecule has 1 amide bonds. The number of hydrogen-bond acceptors (Lipinski definition) is 5. The summed E-state index contributed by atoms with van der Waals surface area (Å²) in [4.78, 5) is 35.2. The number of amides is 1. The van der Waals surface area contributed by atoms with Crippen molar-refractivity contribution in [1.82, 2.24) is 5.32 Å². The summed E-state index contributed by atoms with van der Waals surface area (Å²) >= 11 is 0. The number of esters is 2. The second-order valence-corrected chi connectivity index (χ2v) is 4.83. The van der Waals surface area contributed by atoms with Crippen LogP contribution in [0.3, 0.4) is 0 Å². The van der Waals surface area contributed by atoms with Crippen molar-refractivity contribution in [1.29, 1.82) is 0 Å². The molecule has 1 aromatic carbocycles. The number of carbonyl (C=O) groups excluding carboxylic acids is 3. The van der Waals surface area contributed by atoms with Crippen molar-refractivity contribution < 1.29 is 32.6 Å². The fraction of sp³-hybridized carbons (Fsp3) is 0.400. The van der Waals surface area contributed by atoms with Crippen LogP contribution in [-0.2, 0) is 19.1 Å². The molecule has 23 heavy (non-hydrogen) atoms. The van der Waals surface area contributed by atoms with E-state index in [1.54, 1.807) is 0 Å². The first-order chi connectivity index (χ1) is 10.8. The van der Waals surface area contributed by atoms with Gasteiger partial charge in [-0.2, -0.15) is 0 Å². The molecule has 0 unspecified atom stereocenters. The fourth-order valence-electron chi connectivity index (χ4n) is 1.92. The van der Waals surface area contributed by atoms with Crippen molar-refractivity contribution in [3.8, 4) is 0 Å². The summed E-state index contributed by atoms with van der Waals surface area (Å²) in [5.74, 6) is -4.87. The van der Waals surface area contributed by atoms with Crippen LogP contribution in [0.2, 0.25) is 0 Å². The molecule has 0 saturated carbocycles. The first kappa shape index (κ1) is 18.5. The van der Waals surface area contributed by atoms with Gasteiger partial charge < -0.3 is 14.8 Å². The largest absolute Gasteiger partial charge is 0.469 e. The van der Waals surface area contributed by atoms with E-state index in [2.05, 4.69) is 14.8 Å². The number of halogens is 2. The molecule has 126 valence electrons. The third-order valence-electron chi connectivity index (χ3n) is 3.16. The monoisotopic (exact) mass is 329 g/mol. The first-order valence-corrected chi connectivity index (χ1v) is 6.71. The first-order valence-electron chi connectivity index (χ1n) is 6.71. The zero-order valence-corrected chi connectivity index (χ0v) is 12.9. The molecule has 8 heteroatoms. The zero-order chi connectivity index (χ0) is 17.6. The van der Waals surface area contributed by atoms with Gasteiger partial charge in [0.05, 0.1) is 25.7 Å². The minimum absolute atomic E-state index is 0.0894. The maximum absolute atomic E-state index is 13.6. The molecule has 1 aromatic rings. The van der Waals surface area contributed by atoms with Crippen LogP contribution in [-0.4, -0.2) is 38.1 Å². The summed E-state index contributed by atoms with van der Waals surface area (Å²) in [6.07, 6.45) is -0.0894. The predicted octanol–water partition coefficient (Wildman–Crippen LogP) is 1.44. The van der Waals surface area contributed by atoms with Crippen LogP contribution < -0.4 is 5.32 Å². The quantitative estimate of drug-likeness (QED) is 0.799. The lowest BCUT2D eigenvalue weighted by molar-refractivity contribution is -0.147. The molecule has 0 heterocycles. The van der Waals surface area contributed by atoms with Gasteiger partial charge in [-0.3, -0.25) is 9.59 Å². The molecule has 1 N–H and O–H groups in total. The lowest BCUT2D eigenvalue weighted by Crippen LogP contribution is -2.43. The van der Waals surface area contributed by atoms with E-state index in [0.29, 0.717) is 6.07 Å². The Morgan fingerprint density at radius 1 is 1.13 bits per heavy atom. The Kier molecular flexibility index (Phi) is 6.62. The highest BCUT2D eigenvalue weighted by Crippen LogP contribution is 2.13. The number of methoxy groups -OCH3 is 2. The van der Waals surface area contributed by atoms with Crippen LogP contribution in [0, 0.1) is 17.6 Å². The molecule has 0 aromatic heterocycles. The highest BCUT2D eigenvalue weighted by molar-refractivity contribution is 5.97. The molecule has 0 aliphatic carbocycles. The molecular formula is C15H17F2NO5. The molecule has 0 bridgehead atoms. The Hall–Kier alpha value is -2.51. The predicted molar refractivity (Wildman–Crippen MR) is 75.4 cm³/mol. The lowest BCUT2D eigenvalue weighted by atomic mass is 10.0. The Morgan fingerprint density at radius 3 is 2.26 bits per heavy atom. The maximum atomic E-state index is 13.6. The fourth-order valence-corrected chi connectivity index (χ4v) is 1.92. The Bertz CT molecular complexity index is 606. The molecule has 1 rings (SSSR count). The molecule has 2 atom stereocenters. The van der Waals surface area contributed by atoms with E-state index >= 15 is 0 Å². The second-order valence-electron chi connectivity index (χ2n) is 4.83. The molecule has 6 nitrogen and oxygen atoms in total. The highest BCUT2D eigenvalue weighted by Gasteiger charge is 2.28. The summed E-state index contributed by atoms with van der Waals surface area (Å²) in [5.41, 5.74) is -0.425. The minimum Gasteiger partial charge on any atom is -0.469 e. The maximum Gasteiger partial charge on any atom is 0.328 e. The topological polar surface area (TPSA) is 81.7 Å². The van der Waals surface area contributed by atoms with E-state index in [9.17, 15) is 23.2 Å². The molecule has 0 spiro atoms. The van der Waals surface area contributed by atoms with Crippen molar-refractivity contribution in [2.24, 2.45) is 5.92 Å². The number of nitrogens with one attached hydrogen (secondary N) is 1. The molecule has 0 radical (unpaired) electrons. The van der Waals surface area contributed by atoms with E-state index in [0.717, 1.165) is 19.2 Å². The lowest BCUT2D eigenvalue weighted by Gasteiger charge is -2.19. The average Bonchev–Trinajstić information content (AvgIpc) is 2.52. The normalized spacial score (nSPS) is 12.9. The number of benzene rings is 1. The van der Waals surface area contributed by atoms with Crippen LogP contribution in [0.25, 0.3) is 0 Å². The van der Waals surface area contributed by atoms with E-state index in [-0.39, 0.29) is 6.42 Å². The smallest absolute Gasteiger partial charge is 0.328 e. The SMILES string of the molecule is COC(=O)[C@H](C)C[C@H](NC(=O)c1ccc(F)cc1F)C(=O)OC. The number of ether oxygens (including phenoxy) is 2. The van der Waals surface area contributed by atoms with Crippen molar-refractivity contribution in [2.75, 3.05) is 14.2 Å². The van der Waals surface area contributed by atoms with Gasteiger partial charge in [0.15, 0.2) is 0 Å². The van der Waals surface area contributed by atoms with Crippen LogP contribution in [0.4, 0.5) is 8.78 Å². The number of carbonyl (C=O) groups is 3. The van der Waals surface area contributed by atoms with Crippen molar-refractivity contribution in [3.05, 3.63) is 35.4 Å². The molecule has 0 saturated heterocycles. The van der Waals surface area contributed by atoms with Crippen molar-refractivity contribution >= 4 is 17.8 Å². The van der Waals surface area contributed by atoms with Gasteiger partial charge in [-0.05, 0) is 18.6 Å². The standard InChI is InChI=1S/C15H17F2NO5/c1-8(14(20)22-2)6-12(15(21)23-3)18-13(19)10-5-4-9(16)7-11(10)17/h4-5,7-8,12H,6H2,1-3H3,(H,18,19)/t8-,12+/m1/s1. The Balaban J connectivity index is 2.90. The summed E-state index contributed by atoms with van der Waals surface area (Å²) < 4.78 is 35.5. The second kappa shape index (κ2) is 8.21. The van der Waals surface area contributed by atoms with Gasteiger partial charge in [0, 0.05) is 6.07 Å². The summed E-state index contributed by atoms with van der Waals surface area (Å²) in [5, 5.41) is 2.27. The Labute approximate surface area is 131 Å². The third kappa shape index (κ3) is 5.01. The zero-order valence-electron chi connectivity index (χ0n) is 12.9. The summed E-state index contributed by atoms with van der Waals surface area (Å²) in [6.45, 7) is 1.51. The van der Waals surface area contributed by atoms with E-state index < -0.39 is 47.0 Å². The van der Waals surface area contributed by atoms with Crippen molar-refractivity contribution in [3.63, 3.8) is 0 Å². The van der Waals surface area contributed by atoms with Gasteiger partial charge in [0.1, 0.15) is 17.7 Å². The number of hydrogen-bond donors (Lipinski definition) is 1. The molecule has 0 fully saturated rings. The summed E-state index contributed by atoms with van der Waals surface area (Å²) in [6, 6.07) is 1.26. The Morgan fingerprint density at radius 2 is 1.74 bits per heavy atom. The highest BCUT2D eigenvalue weighted by atomic mass is 19.1. The van der Waals surface area contributed by atoms with Gasteiger partial charge in [-0.15, -0.1) is 0 Å². The van der Waals surface area contributed by atoms with Crippen LogP contribution in [0.1, 0.15) is 23.7 Å². The van der Waals surface area contributed by atoms with Gasteiger partial charge in [0.2, 0.25) is 0 Å². The molecule has 0 aliphatic rings. The minimum atomic E-state index is -1.17. The van der Waals surface area contributed by atoms with E-state index in [4.69, 9.17) is 0 Å². The van der Waals surface area contributed by atoms with Crippen LogP contribution >= 0.6 is 0 Å². The van der Waals surface area contributed by atoms with Gasteiger partial charge in [-0.25, -0.2) is 13.6 Å².